The van der Waals surface area contributed by atoms with Gasteiger partial charge in [0.1, 0.15) is 0 Å². The normalized spacial score (nSPS) is 20.1. The van der Waals surface area contributed by atoms with E-state index in [1.165, 1.54) is 4.90 Å². The highest BCUT2D eigenvalue weighted by molar-refractivity contribution is 7.13. The first-order valence-corrected chi connectivity index (χ1v) is 10.7. The molecule has 2 heterocycles. The molecular weight excluding hydrogens is 388 g/mol. The summed E-state index contributed by atoms with van der Waals surface area (Å²) < 4.78 is 0. The number of aromatic nitrogens is 1. The van der Waals surface area contributed by atoms with Crippen molar-refractivity contribution in [2.45, 2.75) is 51.9 Å². The summed E-state index contributed by atoms with van der Waals surface area (Å²) >= 11 is 1.58. The molecule has 7 nitrogen and oxygen atoms in total. The van der Waals surface area contributed by atoms with Crippen LogP contribution in [0.15, 0.2) is 29.8 Å². The van der Waals surface area contributed by atoms with E-state index >= 15 is 0 Å². The molecule has 0 saturated carbocycles. The second kappa shape index (κ2) is 9.13. The molecule has 2 aromatic rings. The maximum absolute atomic E-state index is 13.0. The fourth-order valence-corrected chi connectivity index (χ4v) is 4.16. The van der Waals surface area contributed by atoms with E-state index < -0.39 is 24.1 Å². The van der Waals surface area contributed by atoms with Crippen molar-refractivity contribution in [3.8, 4) is 10.4 Å². The molecule has 0 spiro atoms. The van der Waals surface area contributed by atoms with Crippen molar-refractivity contribution in [3.05, 3.63) is 41.0 Å². The zero-order chi connectivity index (χ0) is 21.1. The van der Waals surface area contributed by atoms with Crippen molar-refractivity contribution in [2.24, 2.45) is 11.7 Å². The number of β-amino-alcohol motifs (C(OH)–C–C–N with tert-alkyl or cyclic N) is 1. The Morgan fingerprint density at radius 3 is 2.55 bits per heavy atom. The lowest BCUT2D eigenvalue weighted by molar-refractivity contribution is -0.148. The summed E-state index contributed by atoms with van der Waals surface area (Å²) in [7, 11) is 0. The molecule has 156 valence electrons. The van der Waals surface area contributed by atoms with Crippen molar-refractivity contribution in [1.29, 1.82) is 0 Å². The molecule has 3 rings (SSSR count). The molecule has 3 atom stereocenters. The molecule has 4 N–H and O–H groups in total. The highest BCUT2D eigenvalue weighted by Crippen LogP contribution is 2.27. The number of hydrogen-bond acceptors (Lipinski definition) is 7. The molecule has 2 amide bonds. The van der Waals surface area contributed by atoms with E-state index in [9.17, 15) is 14.7 Å². The Kier molecular flexibility index (Phi) is 6.79. The molecule has 1 aromatic heterocycles. The standard InChI is InChI=1S/C21H28N4O3S/c1-12(2)18(22)21(28)25(20(27)17-8-16(26)9-23-17)10-14-4-6-15(7-5-14)19-13(3)24-11-29-19/h4-7,11-12,16-18,23,26H,8-10,22H2,1-3H3/t16-,17+,18+/m1/s1. The Bertz CT molecular complexity index is 865. The van der Waals surface area contributed by atoms with Gasteiger partial charge in [0.15, 0.2) is 0 Å². The van der Waals surface area contributed by atoms with E-state index in [-0.39, 0.29) is 18.4 Å². The molecule has 1 aliphatic rings. The molecule has 29 heavy (non-hydrogen) atoms. The predicted molar refractivity (Wildman–Crippen MR) is 113 cm³/mol. The predicted octanol–water partition coefficient (Wildman–Crippen LogP) is 1.68. The van der Waals surface area contributed by atoms with Crippen molar-refractivity contribution >= 4 is 23.2 Å². The second-order valence-electron chi connectivity index (χ2n) is 7.85. The summed E-state index contributed by atoms with van der Waals surface area (Å²) in [6, 6.07) is 6.45. The Morgan fingerprint density at radius 2 is 2.03 bits per heavy atom. The van der Waals surface area contributed by atoms with Gasteiger partial charge in [0, 0.05) is 6.54 Å². The van der Waals surface area contributed by atoms with Gasteiger partial charge in [-0.3, -0.25) is 14.5 Å². The number of aliphatic hydroxyl groups excluding tert-OH is 1. The molecular formula is C21H28N4O3S. The summed E-state index contributed by atoms with van der Waals surface area (Å²) in [5, 5.41) is 12.7. The third-order valence-electron chi connectivity index (χ3n) is 5.24. The Labute approximate surface area is 174 Å². The third-order valence-corrected chi connectivity index (χ3v) is 6.22. The molecule has 1 saturated heterocycles. The highest BCUT2D eigenvalue weighted by atomic mass is 32.1. The minimum Gasteiger partial charge on any atom is -0.392 e. The van der Waals surface area contributed by atoms with E-state index in [2.05, 4.69) is 10.3 Å². The van der Waals surface area contributed by atoms with Crippen molar-refractivity contribution < 1.29 is 14.7 Å². The SMILES string of the molecule is Cc1ncsc1-c1ccc(CN(C(=O)[C@@H]2C[C@@H](O)CN2)C(=O)[C@@H](N)C(C)C)cc1. The summed E-state index contributed by atoms with van der Waals surface area (Å²) in [5.41, 5.74) is 10.7. The van der Waals surface area contributed by atoms with Gasteiger partial charge < -0.3 is 16.2 Å². The number of thiazole rings is 1. The Morgan fingerprint density at radius 1 is 1.34 bits per heavy atom. The quantitative estimate of drug-likeness (QED) is 0.661. The van der Waals surface area contributed by atoms with Gasteiger partial charge in [-0.15, -0.1) is 11.3 Å². The molecule has 0 unspecified atom stereocenters. The molecule has 1 fully saturated rings. The minimum absolute atomic E-state index is 0.0865. The zero-order valence-electron chi connectivity index (χ0n) is 17.0. The van der Waals surface area contributed by atoms with Gasteiger partial charge in [-0.05, 0) is 30.4 Å². The second-order valence-corrected chi connectivity index (χ2v) is 8.70. The number of rotatable bonds is 6. The summed E-state index contributed by atoms with van der Waals surface area (Å²) in [5.74, 6) is -0.822. The lowest BCUT2D eigenvalue weighted by atomic mass is 10.0. The van der Waals surface area contributed by atoms with Crippen molar-refractivity contribution in [2.75, 3.05) is 6.54 Å². The number of carbonyl (C=O) groups excluding carboxylic acids is 2. The highest BCUT2D eigenvalue weighted by Gasteiger charge is 2.36. The van der Waals surface area contributed by atoms with Crippen molar-refractivity contribution in [1.82, 2.24) is 15.2 Å². The van der Waals surface area contributed by atoms with E-state index in [1.807, 2.05) is 50.5 Å². The van der Waals surface area contributed by atoms with Gasteiger partial charge in [0.05, 0.1) is 40.8 Å². The average Bonchev–Trinajstić information content (AvgIpc) is 3.33. The lowest BCUT2D eigenvalue weighted by Crippen LogP contribution is -2.53. The van der Waals surface area contributed by atoms with Crippen LogP contribution in [0.2, 0.25) is 0 Å². The fourth-order valence-electron chi connectivity index (χ4n) is 3.35. The van der Waals surface area contributed by atoms with Crippen LogP contribution in [0.5, 0.6) is 0 Å². The molecule has 8 heteroatoms. The fraction of sp³-hybridized carbons (Fsp3) is 0.476. The van der Waals surface area contributed by atoms with E-state index in [1.54, 1.807) is 11.3 Å². The number of nitrogens with two attached hydrogens (primary N) is 1. The molecule has 0 bridgehead atoms. The number of imide groups is 1. The molecule has 1 aliphatic heterocycles. The Hall–Kier alpha value is -2.13. The maximum Gasteiger partial charge on any atom is 0.246 e. The van der Waals surface area contributed by atoms with Crippen LogP contribution in [-0.2, 0) is 16.1 Å². The smallest absolute Gasteiger partial charge is 0.246 e. The zero-order valence-corrected chi connectivity index (χ0v) is 17.8. The van der Waals surface area contributed by atoms with Crippen LogP contribution < -0.4 is 11.1 Å². The number of carbonyl (C=O) groups is 2. The number of hydrogen-bond donors (Lipinski definition) is 3. The van der Waals surface area contributed by atoms with Crippen LogP contribution in [0.3, 0.4) is 0 Å². The number of nitrogens with one attached hydrogen (secondary N) is 1. The van der Waals surface area contributed by atoms with Gasteiger partial charge in [0.25, 0.3) is 0 Å². The van der Waals surface area contributed by atoms with E-state index in [0.717, 1.165) is 21.7 Å². The van der Waals surface area contributed by atoms with Crippen LogP contribution in [0.1, 0.15) is 31.5 Å². The number of aryl methyl sites for hydroxylation is 1. The lowest BCUT2D eigenvalue weighted by Gasteiger charge is -2.28. The number of nitrogens with zero attached hydrogens (tertiary/aromatic N) is 2. The van der Waals surface area contributed by atoms with Gasteiger partial charge >= 0.3 is 0 Å². The first kappa shape index (κ1) is 21.6. The van der Waals surface area contributed by atoms with Gasteiger partial charge in [-0.2, -0.15) is 0 Å². The summed E-state index contributed by atoms with van der Waals surface area (Å²) in [6.45, 7) is 6.17. The van der Waals surface area contributed by atoms with Crippen LogP contribution >= 0.6 is 11.3 Å². The summed E-state index contributed by atoms with van der Waals surface area (Å²) in [6.07, 6.45) is -0.287. The third kappa shape index (κ3) is 4.90. The minimum atomic E-state index is -0.760. The van der Waals surface area contributed by atoms with E-state index in [0.29, 0.717) is 13.0 Å². The van der Waals surface area contributed by atoms with Gasteiger partial charge in [-0.25, -0.2) is 4.98 Å². The number of aliphatic hydroxyl groups is 1. The van der Waals surface area contributed by atoms with Crippen LogP contribution in [0.4, 0.5) is 0 Å². The van der Waals surface area contributed by atoms with E-state index in [4.69, 9.17) is 5.73 Å². The van der Waals surface area contributed by atoms with Crippen LogP contribution in [0, 0.1) is 12.8 Å². The number of amides is 2. The topological polar surface area (TPSA) is 109 Å². The molecule has 0 aliphatic carbocycles. The molecule has 1 aromatic carbocycles. The molecule has 0 radical (unpaired) electrons. The van der Waals surface area contributed by atoms with Crippen molar-refractivity contribution in [3.63, 3.8) is 0 Å². The first-order chi connectivity index (χ1) is 13.8. The summed E-state index contributed by atoms with van der Waals surface area (Å²) in [4.78, 5) is 32.6. The van der Waals surface area contributed by atoms with Crippen LogP contribution in [-0.4, -0.2) is 51.5 Å². The van der Waals surface area contributed by atoms with Gasteiger partial charge in [0.2, 0.25) is 11.8 Å². The average molecular weight is 417 g/mol. The van der Waals surface area contributed by atoms with Crippen LogP contribution in [0.25, 0.3) is 10.4 Å². The number of benzene rings is 1. The maximum atomic E-state index is 13.0. The Balaban J connectivity index is 1.81. The largest absolute Gasteiger partial charge is 0.392 e. The van der Waals surface area contributed by atoms with Gasteiger partial charge in [-0.1, -0.05) is 38.1 Å². The first-order valence-electron chi connectivity index (χ1n) is 9.79. The monoisotopic (exact) mass is 416 g/mol.